The van der Waals surface area contributed by atoms with Crippen LogP contribution in [0, 0.1) is 5.82 Å². The monoisotopic (exact) mass is 403 g/mol. The van der Waals surface area contributed by atoms with Crippen LogP contribution in [0.1, 0.15) is 5.56 Å². The molecule has 3 aromatic rings. The summed E-state index contributed by atoms with van der Waals surface area (Å²) in [4.78, 5) is 1.11. The zero-order chi connectivity index (χ0) is 19.3. The number of rotatable bonds is 7. The molecule has 0 spiro atoms. The van der Waals surface area contributed by atoms with Gasteiger partial charge in [0.05, 0.1) is 12.0 Å². The minimum atomic E-state index is -3.83. The predicted molar refractivity (Wildman–Crippen MR) is 106 cm³/mol. The van der Waals surface area contributed by atoms with E-state index >= 15 is 0 Å². The number of nitrogens with one attached hydrogen (secondary N) is 1. The lowest BCUT2D eigenvalue weighted by atomic mass is 10.2. The second-order valence-corrected chi connectivity index (χ2v) is 8.43. The SMILES string of the molecule is COc1cc(S(=O)(=O)Nc2ccc(CSc3ccccc3)cc2)ccc1F. The van der Waals surface area contributed by atoms with E-state index in [2.05, 4.69) is 4.72 Å². The molecule has 0 bridgehead atoms. The fraction of sp³-hybridized carbons (Fsp3) is 0.100. The molecule has 0 aliphatic heterocycles. The van der Waals surface area contributed by atoms with Gasteiger partial charge in [-0.2, -0.15) is 0 Å². The van der Waals surface area contributed by atoms with Crippen LogP contribution < -0.4 is 9.46 Å². The van der Waals surface area contributed by atoms with Gasteiger partial charge >= 0.3 is 0 Å². The molecule has 0 aliphatic rings. The topological polar surface area (TPSA) is 55.4 Å². The Morgan fingerprint density at radius 2 is 1.70 bits per heavy atom. The summed E-state index contributed by atoms with van der Waals surface area (Å²) < 4.78 is 45.8. The molecular weight excluding hydrogens is 385 g/mol. The molecule has 0 unspecified atom stereocenters. The lowest BCUT2D eigenvalue weighted by Crippen LogP contribution is -2.13. The molecule has 3 rings (SSSR count). The number of hydrogen-bond donors (Lipinski definition) is 1. The lowest BCUT2D eigenvalue weighted by Gasteiger charge is -2.10. The molecule has 1 N–H and O–H groups in total. The Kier molecular flexibility index (Phi) is 6.03. The van der Waals surface area contributed by atoms with Gasteiger partial charge in [0, 0.05) is 22.4 Å². The Morgan fingerprint density at radius 1 is 1.00 bits per heavy atom. The molecule has 0 radical (unpaired) electrons. The third-order valence-corrected chi connectivity index (χ3v) is 6.25. The quantitative estimate of drug-likeness (QED) is 0.569. The number of halogens is 1. The Morgan fingerprint density at radius 3 is 2.37 bits per heavy atom. The highest BCUT2D eigenvalue weighted by Gasteiger charge is 2.17. The van der Waals surface area contributed by atoms with Crippen molar-refractivity contribution in [2.45, 2.75) is 15.5 Å². The number of ether oxygens (including phenoxy) is 1. The first-order valence-corrected chi connectivity index (χ1v) is 10.6. The Bertz CT molecular complexity index is 1010. The first-order chi connectivity index (χ1) is 13.0. The minimum absolute atomic E-state index is 0.0653. The van der Waals surface area contributed by atoms with Crippen LogP contribution in [0.2, 0.25) is 0 Å². The van der Waals surface area contributed by atoms with Gasteiger partial charge in [-0.1, -0.05) is 30.3 Å². The Labute approximate surface area is 162 Å². The van der Waals surface area contributed by atoms with Gasteiger partial charge in [-0.05, 0) is 42.0 Å². The fourth-order valence-electron chi connectivity index (χ4n) is 2.37. The molecule has 0 saturated heterocycles. The van der Waals surface area contributed by atoms with Crippen LogP contribution in [0.4, 0.5) is 10.1 Å². The maximum Gasteiger partial charge on any atom is 0.262 e. The van der Waals surface area contributed by atoms with Gasteiger partial charge in [-0.25, -0.2) is 12.8 Å². The van der Waals surface area contributed by atoms with Crippen molar-refractivity contribution in [3.8, 4) is 5.75 Å². The summed E-state index contributed by atoms with van der Waals surface area (Å²) in [6, 6.07) is 20.6. The second-order valence-electron chi connectivity index (χ2n) is 5.70. The summed E-state index contributed by atoms with van der Waals surface area (Å²) in [5, 5.41) is 0. The average molecular weight is 404 g/mol. The number of methoxy groups -OCH3 is 1. The van der Waals surface area contributed by atoms with Crippen molar-refractivity contribution in [1.29, 1.82) is 0 Å². The lowest BCUT2D eigenvalue weighted by molar-refractivity contribution is 0.385. The molecule has 4 nitrogen and oxygen atoms in total. The van der Waals surface area contributed by atoms with Crippen LogP contribution in [0.25, 0.3) is 0 Å². The summed E-state index contributed by atoms with van der Waals surface area (Å²) in [5.41, 5.74) is 1.52. The van der Waals surface area contributed by atoms with Crippen molar-refractivity contribution in [2.75, 3.05) is 11.8 Å². The van der Waals surface area contributed by atoms with E-state index in [-0.39, 0.29) is 10.6 Å². The molecule has 27 heavy (non-hydrogen) atoms. The minimum Gasteiger partial charge on any atom is -0.494 e. The van der Waals surface area contributed by atoms with Gasteiger partial charge in [0.2, 0.25) is 0 Å². The van der Waals surface area contributed by atoms with Crippen molar-refractivity contribution in [3.05, 3.63) is 84.2 Å². The van der Waals surface area contributed by atoms with Crippen molar-refractivity contribution in [3.63, 3.8) is 0 Å². The molecule has 0 fully saturated rings. The number of anilines is 1. The highest BCUT2D eigenvalue weighted by atomic mass is 32.2. The predicted octanol–water partition coefficient (Wildman–Crippen LogP) is 4.93. The summed E-state index contributed by atoms with van der Waals surface area (Å²) in [6.45, 7) is 0. The number of thioether (sulfide) groups is 1. The van der Waals surface area contributed by atoms with Gasteiger partial charge < -0.3 is 4.74 Å². The van der Waals surface area contributed by atoms with Gasteiger partial charge in [0.1, 0.15) is 0 Å². The summed E-state index contributed by atoms with van der Waals surface area (Å²) in [5.74, 6) is 0.0505. The standard InChI is InChI=1S/C20H18FNO3S2/c1-25-20-13-18(11-12-19(20)21)27(23,24)22-16-9-7-15(8-10-16)14-26-17-5-3-2-4-6-17/h2-13,22H,14H2,1H3. The fourth-order valence-corrected chi connectivity index (χ4v) is 4.32. The van der Waals surface area contributed by atoms with E-state index in [0.29, 0.717) is 5.69 Å². The van der Waals surface area contributed by atoms with E-state index in [1.807, 2.05) is 42.5 Å². The van der Waals surface area contributed by atoms with Crippen LogP contribution in [0.5, 0.6) is 5.75 Å². The Balaban J connectivity index is 1.68. The maximum atomic E-state index is 13.5. The maximum absolute atomic E-state index is 13.5. The number of benzene rings is 3. The van der Waals surface area contributed by atoms with Crippen LogP contribution >= 0.6 is 11.8 Å². The van der Waals surface area contributed by atoms with E-state index in [0.717, 1.165) is 23.4 Å². The molecule has 0 atom stereocenters. The van der Waals surface area contributed by atoms with Gasteiger partial charge in [-0.15, -0.1) is 11.8 Å². The first kappa shape index (κ1) is 19.3. The highest BCUT2D eigenvalue weighted by Crippen LogP contribution is 2.25. The van der Waals surface area contributed by atoms with Crippen molar-refractivity contribution in [2.24, 2.45) is 0 Å². The van der Waals surface area contributed by atoms with E-state index in [4.69, 9.17) is 4.74 Å². The molecule has 7 heteroatoms. The first-order valence-electron chi connectivity index (χ1n) is 8.11. The van der Waals surface area contributed by atoms with Crippen molar-refractivity contribution in [1.82, 2.24) is 0 Å². The van der Waals surface area contributed by atoms with Gasteiger partial charge in [0.25, 0.3) is 10.0 Å². The molecule has 0 heterocycles. The summed E-state index contributed by atoms with van der Waals surface area (Å²) >= 11 is 1.71. The van der Waals surface area contributed by atoms with Crippen LogP contribution in [-0.2, 0) is 15.8 Å². The van der Waals surface area contributed by atoms with Crippen molar-refractivity contribution < 1.29 is 17.5 Å². The third kappa shape index (κ3) is 5.02. The van der Waals surface area contributed by atoms with E-state index in [1.165, 1.54) is 18.1 Å². The van der Waals surface area contributed by atoms with E-state index < -0.39 is 15.8 Å². The molecule has 0 aliphatic carbocycles. The van der Waals surface area contributed by atoms with Crippen LogP contribution in [0.15, 0.2) is 82.6 Å². The molecule has 3 aromatic carbocycles. The second kappa shape index (κ2) is 8.45. The highest BCUT2D eigenvalue weighted by molar-refractivity contribution is 7.98. The average Bonchev–Trinajstić information content (AvgIpc) is 2.68. The molecule has 0 amide bonds. The summed E-state index contributed by atoms with van der Waals surface area (Å²) in [6.07, 6.45) is 0. The zero-order valence-electron chi connectivity index (χ0n) is 14.6. The van der Waals surface area contributed by atoms with Crippen molar-refractivity contribution >= 4 is 27.5 Å². The largest absolute Gasteiger partial charge is 0.494 e. The molecule has 0 saturated carbocycles. The smallest absolute Gasteiger partial charge is 0.262 e. The van der Waals surface area contributed by atoms with E-state index in [1.54, 1.807) is 23.9 Å². The molecule has 0 aromatic heterocycles. The number of hydrogen-bond acceptors (Lipinski definition) is 4. The van der Waals surface area contributed by atoms with Crippen LogP contribution in [-0.4, -0.2) is 15.5 Å². The third-order valence-electron chi connectivity index (χ3n) is 3.79. The molecule has 140 valence electrons. The van der Waals surface area contributed by atoms with Gasteiger partial charge in [-0.3, -0.25) is 4.72 Å². The zero-order valence-corrected chi connectivity index (χ0v) is 16.2. The van der Waals surface area contributed by atoms with Gasteiger partial charge in [0.15, 0.2) is 11.6 Å². The Hall–Kier alpha value is -2.51. The molecular formula is C20H18FNO3S2. The van der Waals surface area contributed by atoms with E-state index in [9.17, 15) is 12.8 Å². The van der Waals surface area contributed by atoms with Crippen LogP contribution in [0.3, 0.4) is 0 Å². The normalized spacial score (nSPS) is 11.2. The number of sulfonamides is 1. The summed E-state index contributed by atoms with van der Waals surface area (Å²) in [7, 11) is -2.55.